The van der Waals surface area contributed by atoms with Gasteiger partial charge in [-0.05, 0) is 62.8 Å². The Morgan fingerprint density at radius 3 is 2.39 bits per heavy atom. The van der Waals surface area contributed by atoms with Crippen molar-refractivity contribution in [2.45, 2.75) is 39.0 Å². The predicted molar refractivity (Wildman–Crippen MR) is 118 cm³/mol. The van der Waals surface area contributed by atoms with E-state index in [9.17, 15) is 4.79 Å². The lowest BCUT2D eigenvalue weighted by atomic mass is 9.83. The van der Waals surface area contributed by atoms with Gasteiger partial charge in [0.15, 0.2) is 5.78 Å². The van der Waals surface area contributed by atoms with E-state index in [1.807, 2.05) is 57.4 Å². The maximum absolute atomic E-state index is 13.4. The number of ketones is 1. The molecule has 0 N–H and O–H groups in total. The molecule has 0 aliphatic carbocycles. The quantitative estimate of drug-likeness (QED) is 0.461. The second-order valence-corrected chi connectivity index (χ2v) is 7.60. The van der Waals surface area contributed by atoms with Crippen LogP contribution in [0.15, 0.2) is 55.1 Å². The molecule has 3 heteroatoms. The maximum atomic E-state index is 13.4. The molecule has 0 heterocycles. The highest BCUT2D eigenvalue weighted by Crippen LogP contribution is 2.32. The summed E-state index contributed by atoms with van der Waals surface area (Å²) in [4.78, 5) is 15.4. The zero-order valence-electron chi connectivity index (χ0n) is 17.7. The Bertz CT molecular complexity index is 777. The van der Waals surface area contributed by atoms with Crippen LogP contribution >= 0.6 is 0 Å². The lowest BCUT2D eigenvalue weighted by molar-refractivity contribution is 0.0954. The molecule has 0 aliphatic heterocycles. The first-order valence-electron chi connectivity index (χ1n) is 10.1. The Kier molecular flexibility index (Phi) is 8.46. The first-order chi connectivity index (χ1) is 13.4. The number of Topliss-reactive ketones (excluding diaryl/α,β-unsaturated/α-hetero) is 1. The first kappa shape index (κ1) is 21.9. The highest BCUT2D eigenvalue weighted by atomic mass is 16.5. The minimum Gasteiger partial charge on any atom is -0.492 e. The SMILES string of the molecule is C=C(C)c1ccccc1C(CCCC)C(=O)c1ccc(OCCN(C)C)cc1. The molecule has 0 spiro atoms. The summed E-state index contributed by atoms with van der Waals surface area (Å²) < 4.78 is 5.75. The number of rotatable bonds is 11. The standard InChI is InChI=1S/C25H33NO2/c1-6-7-10-24(23-12-9-8-11-22(23)19(2)3)25(27)20-13-15-21(16-14-20)28-18-17-26(4)5/h8-9,11-16,24H,2,6-7,10,17-18H2,1,3-5H3. The van der Waals surface area contributed by atoms with Crippen LogP contribution in [-0.4, -0.2) is 37.9 Å². The summed E-state index contributed by atoms with van der Waals surface area (Å²) in [7, 11) is 4.04. The molecular formula is C25H33NO2. The number of allylic oxidation sites excluding steroid dienone is 1. The molecule has 2 rings (SSSR count). The zero-order chi connectivity index (χ0) is 20.5. The Morgan fingerprint density at radius 2 is 1.79 bits per heavy atom. The summed E-state index contributed by atoms with van der Waals surface area (Å²) in [5.41, 5.74) is 3.90. The summed E-state index contributed by atoms with van der Waals surface area (Å²) in [5.74, 6) is 0.821. The van der Waals surface area contributed by atoms with Crippen molar-refractivity contribution in [3.8, 4) is 5.75 Å². The molecule has 2 aromatic rings. The van der Waals surface area contributed by atoms with E-state index < -0.39 is 0 Å². The van der Waals surface area contributed by atoms with Gasteiger partial charge in [0.05, 0.1) is 0 Å². The third kappa shape index (κ3) is 6.07. The summed E-state index contributed by atoms with van der Waals surface area (Å²) in [6.07, 6.45) is 2.94. The number of hydrogen-bond acceptors (Lipinski definition) is 3. The van der Waals surface area contributed by atoms with Crippen LogP contribution in [0.4, 0.5) is 0 Å². The molecule has 0 radical (unpaired) electrons. The van der Waals surface area contributed by atoms with Gasteiger partial charge in [-0.3, -0.25) is 4.79 Å². The van der Waals surface area contributed by atoms with E-state index in [4.69, 9.17) is 4.74 Å². The van der Waals surface area contributed by atoms with Gasteiger partial charge in [0.1, 0.15) is 12.4 Å². The number of unbranched alkanes of at least 4 members (excludes halogenated alkanes) is 1. The van der Waals surface area contributed by atoms with Gasteiger partial charge in [-0.25, -0.2) is 0 Å². The lowest BCUT2D eigenvalue weighted by Crippen LogP contribution is -2.19. The molecule has 0 fully saturated rings. The molecule has 0 saturated carbocycles. The van der Waals surface area contributed by atoms with Gasteiger partial charge in [0, 0.05) is 18.0 Å². The fourth-order valence-electron chi connectivity index (χ4n) is 3.29. The van der Waals surface area contributed by atoms with Crippen LogP contribution < -0.4 is 4.74 Å². The normalized spacial score (nSPS) is 12.0. The molecule has 0 bridgehead atoms. The van der Waals surface area contributed by atoms with Crippen molar-refractivity contribution in [1.29, 1.82) is 0 Å². The summed E-state index contributed by atoms with van der Waals surface area (Å²) in [5, 5.41) is 0. The Labute approximate surface area is 170 Å². The van der Waals surface area contributed by atoms with Crippen LogP contribution in [0.2, 0.25) is 0 Å². The topological polar surface area (TPSA) is 29.5 Å². The Balaban J connectivity index is 2.22. The van der Waals surface area contributed by atoms with Crippen LogP contribution in [0.5, 0.6) is 5.75 Å². The van der Waals surface area contributed by atoms with E-state index in [1.165, 1.54) is 0 Å². The molecule has 1 unspecified atom stereocenters. The molecule has 0 amide bonds. The molecule has 0 aliphatic rings. The summed E-state index contributed by atoms with van der Waals surface area (Å²) in [6.45, 7) is 9.75. The van der Waals surface area contributed by atoms with Crippen LogP contribution in [-0.2, 0) is 0 Å². The van der Waals surface area contributed by atoms with Gasteiger partial charge < -0.3 is 9.64 Å². The molecule has 0 aromatic heterocycles. The van der Waals surface area contributed by atoms with Crippen molar-refractivity contribution >= 4 is 11.4 Å². The molecule has 28 heavy (non-hydrogen) atoms. The zero-order valence-corrected chi connectivity index (χ0v) is 17.7. The summed E-state index contributed by atoms with van der Waals surface area (Å²) >= 11 is 0. The number of likely N-dealkylation sites (N-methyl/N-ethyl adjacent to an activating group) is 1. The van der Waals surface area contributed by atoms with Crippen LogP contribution in [0.3, 0.4) is 0 Å². The predicted octanol–water partition coefficient (Wildman–Crippen LogP) is 5.82. The van der Waals surface area contributed by atoms with Crippen molar-refractivity contribution in [2.75, 3.05) is 27.2 Å². The van der Waals surface area contributed by atoms with Crippen molar-refractivity contribution in [2.24, 2.45) is 0 Å². The van der Waals surface area contributed by atoms with Gasteiger partial charge in [-0.1, -0.05) is 56.2 Å². The van der Waals surface area contributed by atoms with E-state index in [-0.39, 0.29) is 11.7 Å². The highest BCUT2D eigenvalue weighted by Gasteiger charge is 2.24. The number of carbonyl (C=O) groups excluding carboxylic acids is 1. The van der Waals surface area contributed by atoms with Gasteiger partial charge >= 0.3 is 0 Å². The number of ether oxygens (including phenoxy) is 1. The van der Waals surface area contributed by atoms with Gasteiger partial charge in [0.2, 0.25) is 0 Å². The third-order valence-corrected chi connectivity index (χ3v) is 4.90. The molecular weight excluding hydrogens is 346 g/mol. The van der Waals surface area contributed by atoms with Crippen molar-refractivity contribution in [3.05, 3.63) is 71.8 Å². The fourth-order valence-corrected chi connectivity index (χ4v) is 3.29. The van der Waals surface area contributed by atoms with Crippen molar-refractivity contribution < 1.29 is 9.53 Å². The van der Waals surface area contributed by atoms with E-state index >= 15 is 0 Å². The van der Waals surface area contributed by atoms with Gasteiger partial charge in [-0.15, -0.1) is 0 Å². The monoisotopic (exact) mass is 379 g/mol. The van der Waals surface area contributed by atoms with E-state index in [1.54, 1.807) is 0 Å². The third-order valence-electron chi connectivity index (χ3n) is 4.90. The minimum absolute atomic E-state index is 0.145. The number of nitrogens with zero attached hydrogens (tertiary/aromatic N) is 1. The molecule has 1 atom stereocenters. The fraction of sp³-hybridized carbons (Fsp3) is 0.400. The Morgan fingerprint density at radius 1 is 1.11 bits per heavy atom. The molecule has 3 nitrogen and oxygen atoms in total. The number of carbonyl (C=O) groups is 1. The van der Waals surface area contributed by atoms with Crippen LogP contribution in [0.25, 0.3) is 5.57 Å². The highest BCUT2D eigenvalue weighted by molar-refractivity contribution is 6.01. The Hall–Kier alpha value is -2.39. The van der Waals surface area contributed by atoms with Crippen LogP contribution in [0, 0.1) is 0 Å². The van der Waals surface area contributed by atoms with Gasteiger partial charge in [0.25, 0.3) is 0 Å². The largest absolute Gasteiger partial charge is 0.492 e. The summed E-state index contributed by atoms with van der Waals surface area (Å²) in [6, 6.07) is 15.7. The average Bonchev–Trinajstić information content (AvgIpc) is 2.68. The second kappa shape index (κ2) is 10.8. The molecule has 2 aromatic carbocycles. The smallest absolute Gasteiger partial charge is 0.170 e. The van der Waals surface area contributed by atoms with E-state index in [0.29, 0.717) is 6.61 Å². The van der Waals surface area contributed by atoms with E-state index in [0.717, 1.165) is 53.8 Å². The minimum atomic E-state index is -0.145. The molecule has 150 valence electrons. The molecule has 0 saturated heterocycles. The maximum Gasteiger partial charge on any atom is 0.170 e. The van der Waals surface area contributed by atoms with E-state index in [2.05, 4.69) is 30.5 Å². The van der Waals surface area contributed by atoms with Crippen LogP contribution in [0.1, 0.15) is 60.5 Å². The first-order valence-corrected chi connectivity index (χ1v) is 10.1. The average molecular weight is 380 g/mol. The van der Waals surface area contributed by atoms with Crippen molar-refractivity contribution in [1.82, 2.24) is 4.90 Å². The van der Waals surface area contributed by atoms with Gasteiger partial charge in [-0.2, -0.15) is 0 Å². The number of benzene rings is 2. The lowest BCUT2D eigenvalue weighted by Gasteiger charge is -2.20. The van der Waals surface area contributed by atoms with Crippen molar-refractivity contribution in [3.63, 3.8) is 0 Å². The number of hydrogen-bond donors (Lipinski definition) is 0. The second-order valence-electron chi connectivity index (χ2n) is 7.60.